The van der Waals surface area contributed by atoms with Crippen LogP contribution in [0.1, 0.15) is 42.5 Å². The molecule has 5 heteroatoms. The summed E-state index contributed by atoms with van der Waals surface area (Å²) in [5, 5.41) is 3.05. The van der Waals surface area contributed by atoms with E-state index in [2.05, 4.69) is 5.32 Å². The van der Waals surface area contributed by atoms with Crippen molar-refractivity contribution < 1.29 is 14.3 Å². The maximum absolute atomic E-state index is 12.5. The number of rotatable bonds is 4. The largest absolute Gasteiger partial charge is 0.497 e. The Morgan fingerprint density at radius 3 is 2.67 bits per heavy atom. The predicted octanol–water partition coefficient (Wildman–Crippen LogP) is 2.09. The van der Waals surface area contributed by atoms with E-state index in [0.29, 0.717) is 17.1 Å². The van der Waals surface area contributed by atoms with Crippen LogP contribution in [-0.2, 0) is 0 Å². The van der Waals surface area contributed by atoms with E-state index in [4.69, 9.17) is 15.2 Å². The van der Waals surface area contributed by atoms with Gasteiger partial charge in [-0.1, -0.05) is 19.3 Å². The maximum atomic E-state index is 12.5. The second-order valence-corrected chi connectivity index (χ2v) is 5.45. The second kappa shape index (κ2) is 7.31. The Morgan fingerprint density at radius 2 is 1.95 bits per heavy atom. The Hall–Kier alpha value is -1.75. The standard InChI is InChI=1S/C16H24N2O3/c1-20-11-8-9-15(21-2)12(10-11)16(19)18-14-7-5-3-4-6-13(14)17/h8-10,13-14H,3-7,17H2,1-2H3,(H,18,19). The zero-order valence-corrected chi connectivity index (χ0v) is 12.7. The van der Waals surface area contributed by atoms with E-state index in [-0.39, 0.29) is 18.0 Å². The molecule has 2 rings (SSSR count). The molecule has 0 bridgehead atoms. The molecule has 116 valence electrons. The molecule has 5 nitrogen and oxygen atoms in total. The number of benzene rings is 1. The number of ether oxygens (including phenoxy) is 2. The highest BCUT2D eigenvalue weighted by Gasteiger charge is 2.24. The van der Waals surface area contributed by atoms with Gasteiger partial charge in [0.1, 0.15) is 11.5 Å². The number of amides is 1. The quantitative estimate of drug-likeness (QED) is 0.833. The van der Waals surface area contributed by atoms with Crippen LogP contribution >= 0.6 is 0 Å². The SMILES string of the molecule is COc1ccc(OC)c(C(=O)NC2CCCCCC2N)c1. The molecule has 1 aromatic rings. The minimum atomic E-state index is -0.159. The van der Waals surface area contributed by atoms with Crippen LogP contribution in [0.2, 0.25) is 0 Å². The Labute approximate surface area is 125 Å². The molecule has 1 aliphatic carbocycles. The van der Waals surface area contributed by atoms with Crippen molar-refractivity contribution in [1.82, 2.24) is 5.32 Å². The lowest BCUT2D eigenvalue weighted by Crippen LogP contribution is -2.47. The van der Waals surface area contributed by atoms with Gasteiger partial charge in [-0.2, -0.15) is 0 Å². The van der Waals surface area contributed by atoms with Gasteiger partial charge in [-0.3, -0.25) is 4.79 Å². The number of hydrogen-bond donors (Lipinski definition) is 2. The summed E-state index contributed by atoms with van der Waals surface area (Å²) in [5.41, 5.74) is 6.64. The molecule has 0 spiro atoms. The summed E-state index contributed by atoms with van der Waals surface area (Å²) in [5.74, 6) is 1.01. The zero-order chi connectivity index (χ0) is 15.2. The van der Waals surface area contributed by atoms with E-state index in [1.165, 1.54) is 6.42 Å². The van der Waals surface area contributed by atoms with Crippen LogP contribution in [-0.4, -0.2) is 32.2 Å². The third-order valence-corrected chi connectivity index (χ3v) is 4.04. The molecule has 1 fully saturated rings. The summed E-state index contributed by atoms with van der Waals surface area (Å²) in [6.45, 7) is 0. The van der Waals surface area contributed by atoms with Crippen LogP contribution in [0.5, 0.6) is 11.5 Å². The fraction of sp³-hybridized carbons (Fsp3) is 0.562. The second-order valence-electron chi connectivity index (χ2n) is 5.45. The van der Waals surface area contributed by atoms with E-state index in [1.807, 2.05) is 0 Å². The summed E-state index contributed by atoms with van der Waals surface area (Å²) in [6, 6.07) is 5.24. The molecule has 3 N–H and O–H groups in total. The molecule has 0 aliphatic heterocycles. The molecule has 2 unspecified atom stereocenters. The van der Waals surface area contributed by atoms with Gasteiger partial charge in [0.25, 0.3) is 5.91 Å². The Balaban J connectivity index is 2.15. The fourth-order valence-electron chi connectivity index (χ4n) is 2.75. The molecule has 1 aromatic carbocycles. The highest BCUT2D eigenvalue weighted by atomic mass is 16.5. The average Bonchev–Trinajstić information content (AvgIpc) is 2.71. The summed E-state index contributed by atoms with van der Waals surface area (Å²) in [7, 11) is 3.13. The molecule has 1 aliphatic rings. The zero-order valence-electron chi connectivity index (χ0n) is 12.7. The Bertz CT molecular complexity index is 490. The molecular formula is C16H24N2O3. The predicted molar refractivity (Wildman–Crippen MR) is 81.9 cm³/mol. The van der Waals surface area contributed by atoms with Crippen molar-refractivity contribution in [3.8, 4) is 11.5 Å². The van der Waals surface area contributed by atoms with Gasteiger partial charge in [0.2, 0.25) is 0 Å². The first kappa shape index (κ1) is 15.6. The van der Waals surface area contributed by atoms with Gasteiger partial charge in [-0.25, -0.2) is 0 Å². The lowest BCUT2D eigenvalue weighted by Gasteiger charge is -2.23. The summed E-state index contributed by atoms with van der Waals surface area (Å²) < 4.78 is 10.4. The van der Waals surface area contributed by atoms with Crippen molar-refractivity contribution >= 4 is 5.91 Å². The molecule has 1 saturated carbocycles. The van der Waals surface area contributed by atoms with Crippen LogP contribution < -0.4 is 20.5 Å². The summed E-state index contributed by atoms with van der Waals surface area (Å²) in [6.07, 6.45) is 5.31. The molecule has 0 heterocycles. The first-order chi connectivity index (χ1) is 10.2. The van der Waals surface area contributed by atoms with Gasteiger partial charge in [0, 0.05) is 12.1 Å². The molecule has 1 amide bonds. The van der Waals surface area contributed by atoms with Gasteiger partial charge >= 0.3 is 0 Å². The highest BCUT2D eigenvalue weighted by molar-refractivity contribution is 5.97. The number of carbonyl (C=O) groups excluding carboxylic acids is 1. The lowest BCUT2D eigenvalue weighted by atomic mass is 10.0. The molecular weight excluding hydrogens is 268 g/mol. The molecule has 0 saturated heterocycles. The van der Waals surface area contributed by atoms with Crippen molar-refractivity contribution in [2.75, 3.05) is 14.2 Å². The van der Waals surface area contributed by atoms with Gasteiger partial charge < -0.3 is 20.5 Å². The smallest absolute Gasteiger partial charge is 0.255 e. The number of nitrogens with one attached hydrogen (secondary N) is 1. The van der Waals surface area contributed by atoms with E-state index < -0.39 is 0 Å². The fourth-order valence-corrected chi connectivity index (χ4v) is 2.75. The van der Waals surface area contributed by atoms with Crippen LogP contribution in [0.4, 0.5) is 0 Å². The number of methoxy groups -OCH3 is 2. The van der Waals surface area contributed by atoms with Gasteiger partial charge in [0.15, 0.2) is 0 Å². The minimum absolute atomic E-state index is 0.0213. The van der Waals surface area contributed by atoms with Crippen LogP contribution in [0.25, 0.3) is 0 Å². The highest BCUT2D eigenvalue weighted by Crippen LogP contribution is 2.24. The van der Waals surface area contributed by atoms with Gasteiger partial charge in [-0.15, -0.1) is 0 Å². The lowest BCUT2D eigenvalue weighted by molar-refractivity contribution is 0.0925. The van der Waals surface area contributed by atoms with Crippen LogP contribution in [0, 0.1) is 0 Å². The maximum Gasteiger partial charge on any atom is 0.255 e. The molecule has 21 heavy (non-hydrogen) atoms. The monoisotopic (exact) mass is 292 g/mol. The van der Waals surface area contributed by atoms with Gasteiger partial charge in [0.05, 0.1) is 19.8 Å². The van der Waals surface area contributed by atoms with E-state index in [1.54, 1.807) is 32.4 Å². The van der Waals surface area contributed by atoms with Crippen molar-refractivity contribution in [3.05, 3.63) is 23.8 Å². The third-order valence-electron chi connectivity index (χ3n) is 4.04. The van der Waals surface area contributed by atoms with Crippen molar-refractivity contribution in [2.45, 2.75) is 44.2 Å². The van der Waals surface area contributed by atoms with Gasteiger partial charge in [-0.05, 0) is 31.0 Å². The van der Waals surface area contributed by atoms with Crippen LogP contribution in [0.15, 0.2) is 18.2 Å². The van der Waals surface area contributed by atoms with E-state index in [9.17, 15) is 4.79 Å². The van der Waals surface area contributed by atoms with E-state index in [0.717, 1.165) is 25.7 Å². The first-order valence-corrected chi connectivity index (χ1v) is 7.44. The minimum Gasteiger partial charge on any atom is -0.497 e. The number of nitrogens with two attached hydrogens (primary N) is 1. The topological polar surface area (TPSA) is 73.6 Å². The molecule has 2 atom stereocenters. The van der Waals surface area contributed by atoms with E-state index >= 15 is 0 Å². The first-order valence-electron chi connectivity index (χ1n) is 7.44. The van der Waals surface area contributed by atoms with Crippen LogP contribution in [0.3, 0.4) is 0 Å². The normalized spacial score (nSPS) is 22.2. The summed E-state index contributed by atoms with van der Waals surface area (Å²) >= 11 is 0. The van der Waals surface area contributed by atoms with Crippen molar-refractivity contribution in [2.24, 2.45) is 5.73 Å². The number of carbonyl (C=O) groups is 1. The molecule has 0 aromatic heterocycles. The average molecular weight is 292 g/mol. The Morgan fingerprint density at radius 1 is 1.19 bits per heavy atom. The number of hydrogen-bond acceptors (Lipinski definition) is 4. The Kier molecular flexibility index (Phi) is 5.44. The summed E-state index contributed by atoms with van der Waals surface area (Å²) in [4.78, 5) is 12.5. The van der Waals surface area contributed by atoms with Crippen molar-refractivity contribution in [3.63, 3.8) is 0 Å². The van der Waals surface area contributed by atoms with Crippen molar-refractivity contribution in [1.29, 1.82) is 0 Å². The molecule has 0 radical (unpaired) electrons. The third kappa shape index (κ3) is 3.88.